The monoisotopic (exact) mass is 240 g/mol. The van der Waals surface area contributed by atoms with Crippen LogP contribution in [0.15, 0.2) is 28.9 Å². The number of benzene rings is 1. The fourth-order valence-electron chi connectivity index (χ4n) is 1.33. The largest absolute Gasteiger partial charge is 0.444 e. The molecular weight excluding hydrogens is 231 g/mol. The molecule has 0 spiro atoms. The molecule has 1 N–H and O–H groups in total. The molecule has 5 heteroatoms. The first kappa shape index (κ1) is 11.1. The summed E-state index contributed by atoms with van der Waals surface area (Å²) in [6, 6.07) is 4.45. The van der Waals surface area contributed by atoms with Gasteiger partial charge in [-0.05, 0) is 25.2 Å². The molecule has 2 rings (SSSR count). The molecule has 3 nitrogen and oxygen atoms in total. The summed E-state index contributed by atoms with van der Waals surface area (Å²) in [7, 11) is 1.82. The van der Waals surface area contributed by atoms with Crippen molar-refractivity contribution in [2.24, 2.45) is 0 Å². The summed E-state index contributed by atoms with van der Waals surface area (Å²) in [5.41, 5.74) is 1.34. The smallest absolute Gasteiger partial charge is 0.226 e. The third-order valence-corrected chi connectivity index (χ3v) is 2.38. The van der Waals surface area contributed by atoms with E-state index < -0.39 is 5.82 Å². The highest BCUT2D eigenvalue weighted by atomic mass is 35.5. The fourth-order valence-corrected chi connectivity index (χ4v) is 1.45. The van der Waals surface area contributed by atoms with E-state index in [9.17, 15) is 4.39 Å². The van der Waals surface area contributed by atoms with Crippen LogP contribution in [0.4, 0.5) is 4.39 Å². The molecule has 1 aromatic carbocycles. The minimum atomic E-state index is -0.479. The Labute approximate surface area is 97.3 Å². The molecule has 0 bridgehead atoms. The molecule has 0 radical (unpaired) electrons. The third kappa shape index (κ3) is 2.23. The molecule has 84 valence electrons. The lowest BCUT2D eigenvalue weighted by molar-refractivity contribution is 0.569. The van der Waals surface area contributed by atoms with Crippen molar-refractivity contribution in [2.45, 2.75) is 6.54 Å². The number of hydrogen-bond donors (Lipinski definition) is 1. The van der Waals surface area contributed by atoms with Gasteiger partial charge in [0.2, 0.25) is 5.89 Å². The number of hydrogen-bond acceptors (Lipinski definition) is 3. The maximum absolute atomic E-state index is 13.2. The van der Waals surface area contributed by atoms with E-state index in [1.165, 1.54) is 12.1 Å². The van der Waals surface area contributed by atoms with Gasteiger partial charge in [0.1, 0.15) is 12.1 Å². The van der Waals surface area contributed by atoms with E-state index in [1.54, 1.807) is 12.3 Å². The molecule has 2 aromatic rings. The lowest BCUT2D eigenvalue weighted by atomic mass is 10.2. The van der Waals surface area contributed by atoms with Crippen LogP contribution in [0, 0.1) is 5.82 Å². The summed E-state index contributed by atoms with van der Waals surface area (Å²) in [4.78, 5) is 4.20. The van der Waals surface area contributed by atoms with Crippen LogP contribution >= 0.6 is 11.6 Å². The van der Waals surface area contributed by atoms with Crippen LogP contribution in [-0.4, -0.2) is 12.0 Å². The summed E-state index contributed by atoms with van der Waals surface area (Å²) in [6.45, 7) is 0.611. The molecule has 0 saturated carbocycles. The molecular formula is C11H10ClFN2O. The van der Waals surface area contributed by atoms with Gasteiger partial charge in [0.25, 0.3) is 0 Å². The van der Waals surface area contributed by atoms with Crippen molar-refractivity contribution in [1.29, 1.82) is 0 Å². The second-order valence-corrected chi connectivity index (χ2v) is 3.71. The van der Waals surface area contributed by atoms with Gasteiger partial charge in [-0.1, -0.05) is 11.6 Å². The first-order chi connectivity index (χ1) is 7.70. The van der Waals surface area contributed by atoms with Gasteiger partial charge in [-0.25, -0.2) is 9.37 Å². The zero-order valence-electron chi connectivity index (χ0n) is 8.63. The number of oxazole rings is 1. The predicted molar refractivity (Wildman–Crippen MR) is 59.7 cm³/mol. The number of rotatable bonds is 3. The molecule has 0 fully saturated rings. The van der Waals surface area contributed by atoms with Gasteiger partial charge < -0.3 is 9.73 Å². The number of nitrogens with one attached hydrogen (secondary N) is 1. The Balaban J connectivity index is 2.31. The van der Waals surface area contributed by atoms with Crippen LogP contribution in [0.3, 0.4) is 0 Å². The van der Waals surface area contributed by atoms with Gasteiger partial charge in [-0.15, -0.1) is 0 Å². The molecule has 1 heterocycles. The summed E-state index contributed by atoms with van der Waals surface area (Å²) in [5.74, 6) is -0.0895. The molecule has 1 aromatic heterocycles. The highest BCUT2D eigenvalue weighted by molar-refractivity contribution is 6.30. The van der Waals surface area contributed by atoms with E-state index in [0.29, 0.717) is 18.0 Å². The van der Waals surface area contributed by atoms with Crippen molar-refractivity contribution in [3.63, 3.8) is 0 Å². The summed E-state index contributed by atoms with van der Waals surface area (Å²) in [5, 5.41) is 3.04. The Morgan fingerprint density at radius 2 is 2.31 bits per heavy atom. The summed E-state index contributed by atoms with van der Waals surface area (Å²) >= 11 is 5.59. The van der Waals surface area contributed by atoms with Crippen molar-refractivity contribution >= 4 is 11.6 Å². The Hall–Kier alpha value is -1.39. The van der Waals surface area contributed by atoms with Crippen LogP contribution in [0.25, 0.3) is 11.5 Å². The Morgan fingerprint density at radius 3 is 3.00 bits per heavy atom. The molecule has 0 saturated heterocycles. The van der Waals surface area contributed by atoms with Crippen molar-refractivity contribution in [1.82, 2.24) is 10.3 Å². The maximum Gasteiger partial charge on any atom is 0.226 e. The van der Waals surface area contributed by atoms with E-state index in [4.69, 9.17) is 16.0 Å². The minimum Gasteiger partial charge on any atom is -0.444 e. The van der Waals surface area contributed by atoms with Crippen LogP contribution in [0.1, 0.15) is 5.69 Å². The van der Waals surface area contributed by atoms with Crippen molar-refractivity contribution in [2.75, 3.05) is 7.05 Å². The van der Waals surface area contributed by atoms with Gasteiger partial charge in [0, 0.05) is 12.1 Å². The lowest BCUT2D eigenvalue weighted by Gasteiger charge is -1.97. The molecule has 16 heavy (non-hydrogen) atoms. The average Bonchev–Trinajstić information content (AvgIpc) is 2.71. The quantitative estimate of drug-likeness (QED) is 0.897. The van der Waals surface area contributed by atoms with Crippen LogP contribution in [0.5, 0.6) is 0 Å². The average molecular weight is 241 g/mol. The van der Waals surface area contributed by atoms with Gasteiger partial charge in [0.05, 0.1) is 10.7 Å². The Bertz CT molecular complexity index is 498. The first-order valence-electron chi connectivity index (χ1n) is 4.75. The second kappa shape index (κ2) is 4.63. The molecule has 0 atom stereocenters. The maximum atomic E-state index is 13.2. The number of nitrogens with zero attached hydrogens (tertiary/aromatic N) is 1. The van der Waals surface area contributed by atoms with E-state index in [0.717, 1.165) is 5.69 Å². The Kier molecular flexibility index (Phi) is 3.22. The SMILES string of the molecule is CNCc1coc(-c2ccc(Cl)c(F)c2)n1. The number of halogens is 2. The van der Waals surface area contributed by atoms with E-state index in [2.05, 4.69) is 10.3 Å². The molecule has 0 aliphatic heterocycles. The van der Waals surface area contributed by atoms with Gasteiger partial charge in [-0.3, -0.25) is 0 Å². The zero-order chi connectivity index (χ0) is 11.5. The molecule has 0 amide bonds. The van der Waals surface area contributed by atoms with Crippen molar-refractivity contribution in [3.8, 4) is 11.5 Å². The van der Waals surface area contributed by atoms with E-state index in [1.807, 2.05) is 7.05 Å². The van der Waals surface area contributed by atoms with Crippen LogP contribution in [0.2, 0.25) is 5.02 Å². The molecule has 0 aliphatic carbocycles. The summed E-state index contributed by atoms with van der Waals surface area (Å²) < 4.78 is 18.4. The van der Waals surface area contributed by atoms with Crippen LogP contribution in [-0.2, 0) is 6.54 Å². The minimum absolute atomic E-state index is 0.0887. The zero-order valence-corrected chi connectivity index (χ0v) is 9.38. The second-order valence-electron chi connectivity index (χ2n) is 3.30. The first-order valence-corrected chi connectivity index (χ1v) is 5.13. The topological polar surface area (TPSA) is 38.1 Å². The normalized spacial score (nSPS) is 10.7. The highest BCUT2D eigenvalue weighted by Gasteiger charge is 2.08. The standard InChI is InChI=1S/C11H10ClFN2O/c1-14-5-8-6-16-11(15-8)7-2-3-9(12)10(13)4-7/h2-4,6,14H,5H2,1H3. The van der Waals surface area contributed by atoms with Gasteiger partial charge in [0.15, 0.2) is 0 Å². The highest BCUT2D eigenvalue weighted by Crippen LogP contribution is 2.23. The van der Waals surface area contributed by atoms with E-state index >= 15 is 0 Å². The molecule has 0 aliphatic rings. The Morgan fingerprint density at radius 1 is 1.50 bits per heavy atom. The van der Waals surface area contributed by atoms with Gasteiger partial charge in [-0.2, -0.15) is 0 Å². The van der Waals surface area contributed by atoms with Crippen molar-refractivity contribution in [3.05, 3.63) is 41.0 Å². The van der Waals surface area contributed by atoms with E-state index in [-0.39, 0.29) is 5.02 Å². The van der Waals surface area contributed by atoms with Crippen molar-refractivity contribution < 1.29 is 8.81 Å². The van der Waals surface area contributed by atoms with Gasteiger partial charge >= 0.3 is 0 Å². The van der Waals surface area contributed by atoms with Crippen LogP contribution < -0.4 is 5.32 Å². The molecule has 0 unspecified atom stereocenters. The number of aromatic nitrogens is 1. The predicted octanol–water partition coefficient (Wildman–Crippen LogP) is 2.85. The lowest BCUT2D eigenvalue weighted by Crippen LogP contribution is -2.04. The third-order valence-electron chi connectivity index (χ3n) is 2.08. The summed E-state index contributed by atoms with van der Waals surface area (Å²) in [6.07, 6.45) is 1.54. The fraction of sp³-hybridized carbons (Fsp3) is 0.182.